The van der Waals surface area contributed by atoms with Crippen LogP contribution in [-0.2, 0) is 0 Å². The van der Waals surface area contributed by atoms with Crippen molar-refractivity contribution in [2.24, 2.45) is 16.6 Å². The number of nitrogens with one attached hydrogen (secondary N) is 1. The van der Waals surface area contributed by atoms with Gasteiger partial charge in [-0.15, -0.1) is 11.3 Å². The highest BCUT2D eigenvalue weighted by atomic mass is 32.1. The third-order valence-corrected chi connectivity index (χ3v) is 3.04. The van der Waals surface area contributed by atoms with E-state index in [-0.39, 0.29) is 12.0 Å². The predicted molar refractivity (Wildman–Crippen MR) is 58.9 cm³/mol. The van der Waals surface area contributed by atoms with Gasteiger partial charge in [-0.05, 0) is 20.8 Å². The number of hydrogen-bond donors (Lipinski definition) is 3. The SMILES string of the molecule is Cc1nc(C)c(C(C)N=C(N)NN)s1. The third kappa shape index (κ3) is 2.43. The highest BCUT2D eigenvalue weighted by molar-refractivity contribution is 7.11. The van der Waals surface area contributed by atoms with Gasteiger partial charge in [-0.25, -0.2) is 15.8 Å². The molecule has 1 rings (SSSR count). The van der Waals surface area contributed by atoms with Crippen LogP contribution in [0.5, 0.6) is 0 Å². The minimum atomic E-state index is -0.00255. The molecule has 1 aromatic heterocycles. The number of guanidine groups is 1. The molecule has 78 valence electrons. The van der Waals surface area contributed by atoms with Crippen molar-refractivity contribution in [1.82, 2.24) is 10.4 Å². The second-order valence-electron chi connectivity index (χ2n) is 3.02. The van der Waals surface area contributed by atoms with Crippen LogP contribution in [0, 0.1) is 13.8 Å². The highest BCUT2D eigenvalue weighted by Gasteiger charge is 2.11. The van der Waals surface area contributed by atoms with Gasteiger partial charge in [0.2, 0.25) is 5.96 Å². The second kappa shape index (κ2) is 4.39. The number of aliphatic imine (C=N–C) groups is 1. The van der Waals surface area contributed by atoms with Crippen LogP contribution in [0.3, 0.4) is 0 Å². The van der Waals surface area contributed by atoms with Crippen LogP contribution in [0.1, 0.15) is 28.5 Å². The van der Waals surface area contributed by atoms with E-state index in [1.807, 2.05) is 20.8 Å². The molecule has 0 aliphatic heterocycles. The number of hydrazine groups is 1. The third-order valence-electron chi connectivity index (χ3n) is 1.80. The maximum absolute atomic E-state index is 5.47. The largest absolute Gasteiger partial charge is 0.369 e. The van der Waals surface area contributed by atoms with Crippen molar-refractivity contribution in [3.05, 3.63) is 15.6 Å². The molecule has 0 aliphatic rings. The van der Waals surface area contributed by atoms with Crippen LogP contribution in [0.25, 0.3) is 0 Å². The molecule has 0 saturated heterocycles. The van der Waals surface area contributed by atoms with E-state index >= 15 is 0 Å². The van der Waals surface area contributed by atoms with Gasteiger partial charge in [0, 0.05) is 0 Å². The van der Waals surface area contributed by atoms with E-state index in [0.717, 1.165) is 15.6 Å². The van der Waals surface area contributed by atoms with E-state index in [2.05, 4.69) is 15.4 Å². The summed E-state index contributed by atoms with van der Waals surface area (Å²) in [5.41, 5.74) is 8.78. The quantitative estimate of drug-likeness (QED) is 0.290. The molecule has 0 fully saturated rings. The zero-order valence-corrected chi connectivity index (χ0v) is 9.35. The Labute approximate surface area is 87.2 Å². The molecule has 1 atom stereocenters. The number of thiazole rings is 1. The van der Waals surface area contributed by atoms with Crippen molar-refractivity contribution in [2.45, 2.75) is 26.8 Å². The van der Waals surface area contributed by atoms with Crippen LogP contribution in [0.15, 0.2) is 4.99 Å². The molecule has 0 aromatic carbocycles. The summed E-state index contributed by atoms with van der Waals surface area (Å²) in [4.78, 5) is 9.62. The van der Waals surface area contributed by atoms with Crippen LogP contribution in [0.4, 0.5) is 0 Å². The zero-order chi connectivity index (χ0) is 10.7. The first-order valence-corrected chi connectivity index (χ1v) is 5.10. The molecule has 5 N–H and O–H groups in total. The predicted octanol–water partition coefficient (Wildman–Crippen LogP) is 0.599. The van der Waals surface area contributed by atoms with Crippen molar-refractivity contribution in [2.75, 3.05) is 0 Å². The lowest BCUT2D eigenvalue weighted by atomic mass is 10.2. The van der Waals surface area contributed by atoms with Crippen molar-refractivity contribution in [1.29, 1.82) is 0 Å². The maximum atomic E-state index is 5.47. The van der Waals surface area contributed by atoms with E-state index < -0.39 is 0 Å². The first-order valence-electron chi connectivity index (χ1n) is 4.28. The van der Waals surface area contributed by atoms with Crippen molar-refractivity contribution in [3.63, 3.8) is 0 Å². The molecule has 1 heterocycles. The molecule has 1 aromatic rings. The first-order chi connectivity index (χ1) is 6.54. The summed E-state index contributed by atoms with van der Waals surface area (Å²) in [5, 5.41) is 1.04. The van der Waals surface area contributed by atoms with E-state index in [4.69, 9.17) is 11.6 Å². The zero-order valence-electron chi connectivity index (χ0n) is 8.53. The Morgan fingerprint density at radius 2 is 2.21 bits per heavy atom. The Morgan fingerprint density at radius 1 is 1.57 bits per heavy atom. The monoisotopic (exact) mass is 213 g/mol. The van der Waals surface area contributed by atoms with Crippen LogP contribution in [0.2, 0.25) is 0 Å². The summed E-state index contributed by atoms with van der Waals surface area (Å²) < 4.78 is 0. The van der Waals surface area contributed by atoms with Gasteiger partial charge < -0.3 is 5.73 Å². The van der Waals surface area contributed by atoms with Crippen LogP contribution < -0.4 is 17.0 Å². The van der Waals surface area contributed by atoms with Gasteiger partial charge in [0.25, 0.3) is 0 Å². The summed E-state index contributed by atoms with van der Waals surface area (Å²) in [7, 11) is 0. The normalized spacial score (nSPS) is 14.1. The number of rotatable bonds is 2. The molecule has 0 bridgehead atoms. The topological polar surface area (TPSA) is 89.3 Å². The van der Waals surface area contributed by atoms with Gasteiger partial charge in [-0.2, -0.15) is 0 Å². The van der Waals surface area contributed by atoms with Gasteiger partial charge >= 0.3 is 0 Å². The Hall–Kier alpha value is -1.14. The number of nitrogens with zero attached hydrogens (tertiary/aromatic N) is 2. The molecule has 0 amide bonds. The molecule has 5 nitrogen and oxygen atoms in total. The summed E-state index contributed by atoms with van der Waals surface area (Å²) >= 11 is 1.63. The summed E-state index contributed by atoms with van der Waals surface area (Å²) in [6, 6.07) is -0.00255. The maximum Gasteiger partial charge on any atom is 0.203 e. The van der Waals surface area contributed by atoms with E-state index in [0.29, 0.717) is 0 Å². The standard InChI is InChI=1S/C8H15N5S/c1-4-7(14-6(3)11-4)5(2)12-8(9)13-10/h5H,10H2,1-3H3,(H3,9,12,13). The smallest absolute Gasteiger partial charge is 0.203 e. The summed E-state index contributed by atoms with van der Waals surface area (Å²) in [6.45, 7) is 5.91. The lowest BCUT2D eigenvalue weighted by Crippen LogP contribution is -2.37. The molecule has 6 heteroatoms. The summed E-state index contributed by atoms with van der Waals surface area (Å²) in [5.74, 6) is 5.36. The molecular weight excluding hydrogens is 198 g/mol. The van der Waals surface area contributed by atoms with E-state index in [1.54, 1.807) is 11.3 Å². The minimum Gasteiger partial charge on any atom is -0.369 e. The fourth-order valence-corrected chi connectivity index (χ4v) is 2.16. The Kier molecular flexibility index (Phi) is 3.43. The Morgan fingerprint density at radius 3 is 2.64 bits per heavy atom. The molecular formula is C8H15N5S. The first kappa shape index (κ1) is 10.9. The van der Waals surface area contributed by atoms with Gasteiger partial charge in [0.15, 0.2) is 0 Å². The molecule has 14 heavy (non-hydrogen) atoms. The fraction of sp³-hybridized carbons (Fsp3) is 0.500. The molecule has 1 unspecified atom stereocenters. The lowest BCUT2D eigenvalue weighted by Gasteiger charge is -2.05. The van der Waals surface area contributed by atoms with Crippen molar-refractivity contribution < 1.29 is 0 Å². The number of hydrogen-bond acceptors (Lipinski definition) is 4. The van der Waals surface area contributed by atoms with Crippen molar-refractivity contribution >= 4 is 17.3 Å². The number of aryl methyl sites for hydroxylation is 2. The number of aromatic nitrogens is 1. The summed E-state index contributed by atoms with van der Waals surface area (Å²) in [6.07, 6.45) is 0. The minimum absolute atomic E-state index is 0.00255. The molecule has 0 radical (unpaired) electrons. The fourth-order valence-electron chi connectivity index (χ4n) is 1.24. The lowest BCUT2D eigenvalue weighted by molar-refractivity contribution is 0.807. The second-order valence-corrected chi connectivity index (χ2v) is 4.25. The Bertz CT molecular complexity index is 344. The highest BCUT2D eigenvalue weighted by Crippen LogP contribution is 2.26. The molecule has 0 aliphatic carbocycles. The van der Waals surface area contributed by atoms with Crippen LogP contribution >= 0.6 is 11.3 Å². The molecule has 0 spiro atoms. The van der Waals surface area contributed by atoms with E-state index in [1.165, 1.54) is 0 Å². The average molecular weight is 213 g/mol. The molecule has 0 saturated carbocycles. The van der Waals surface area contributed by atoms with E-state index in [9.17, 15) is 0 Å². The average Bonchev–Trinajstić information content (AvgIpc) is 2.45. The van der Waals surface area contributed by atoms with Gasteiger partial charge in [0.1, 0.15) is 0 Å². The van der Waals surface area contributed by atoms with Crippen molar-refractivity contribution in [3.8, 4) is 0 Å². The van der Waals surface area contributed by atoms with Crippen LogP contribution in [-0.4, -0.2) is 10.9 Å². The van der Waals surface area contributed by atoms with Gasteiger partial charge in [-0.3, -0.25) is 5.43 Å². The number of nitrogens with two attached hydrogens (primary N) is 2. The van der Waals surface area contributed by atoms with Gasteiger partial charge in [-0.1, -0.05) is 0 Å². The van der Waals surface area contributed by atoms with Gasteiger partial charge in [0.05, 0.1) is 21.6 Å². The Balaban J connectivity index is 2.89.